The number of hydrogen-bond donors (Lipinski definition) is 1. The summed E-state index contributed by atoms with van der Waals surface area (Å²) in [6.45, 7) is 7.11. The van der Waals surface area contributed by atoms with E-state index in [1.54, 1.807) is 39.1 Å². The van der Waals surface area contributed by atoms with Crippen molar-refractivity contribution in [1.82, 2.24) is 9.97 Å². The van der Waals surface area contributed by atoms with Crippen LogP contribution in [0.3, 0.4) is 0 Å². The summed E-state index contributed by atoms with van der Waals surface area (Å²) in [4.78, 5) is 21.6. The number of nitrogens with one attached hydrogen (secondary N) is 1. The molecule has 5 nitrogen and oxygen atoms in total. The fourth-order valence-electron chi connectivity index (χ4n) is 2.27. The van der Waals surface area contributed by atoms with Crippen molar-refractivity contribution < 1.29 is 13.6 Å². The molecule has 2 aromatic rings. The van der Waals surface area contributed by atoms with Gasteiger partial charge in [0.05, 0.1) is 29.5 Å². The zero-order chi connectivity index (χ0) is 20.0. The Bertz CT molecular complexity index is 908. The van der Waals surface area contributed by atoms with E-state index in [9.17, 15) is 13.6 Å². The number of benzene rings is 1. The number of halogens is 2. The number of allylic oxidation sites excluding steroid dienone is 3. The molecule has 0 aliphatic carbocycles. The topological polar surface area (TPSA) is 58.1 Å². The maximum absolute atomic E-state index is 14.3. The number of carbonyl (C=O) groups excluding carboxylic acids is 1. The number of rotatable bonds is 6. The van der Waals surface area contributed by atoms with E-state index >= 15 is 0 Å². The number of hydrogen-bond acceptors (Lipinski definition) is 4. The van der Waals surface area contributed by atoms with E-state index in [4.69, 9.17) is 0 Å². The molecular weight excluding hydrogens is 350 g/mol. The highest BCUT2D eigenvalue weighted by Gasteiger charge is 2.17. The summed E-state index contributed by atoms with van der Waals surface area (Å²) in [6, 6.07) is 1.96. The molecule has 0 fully saturated rings. The standard InChI is InChI=1S/C20H20F2N4O/c1-5-13(3)7-14(6-2)20(27)25-18-9-19(17(22)8-16(18)21)26(4)15-10-23-12-24-11-15/h5-12H,1H2,2-4H3,(H,25,27)/b13-7-,14-6+. The van der Waals surface area contributed by atoms with Gasteiger partial charge in [0.2, 0.25) is 0 Å². The van der Waals surface area contributed by atoms with Crippen molar-refractivity contribution in [2.24, 2.45) is 0 Å². The average molecular weight is 370 g/mol. The van der Waals surface area contributed by atoms with Crippen molar-refractivity contribution in [3.8, 4) is 0 Å². The first-order valence-corrected chi connectivity index (χ1v) is 8.13. The van der Waals surface area contributed by atoms with Crippen LogP contribution in [0.25, 0.3) is 0 Å². The van der Waals surface area contributed by atoms with Gasteiger partial charge >= 0.3 is 0 Å². The third kappa shape index (κ3) is 4.84. The summed E-state index contributed by atoms with van der Waals surface area (Å²) in [5.74, 6) is -2.16. The first-order chi connectivity index (χ1) is 12.9. The third-order valence-corrected chi connectivity index (χ3v) is 3.86. The largest absolute Gasteiger partial charge is 0.340 e. The van der Waals surface area contributed by atoms with Crippen LogP contribution < -0.4 is 10.2 Å². The second-order valence-corrected chi connectivity index (χ2v) is 5.73. The first-order valence-electron chi connectivity index (χ1n) is 8.13. The minimum Gasteiger partial charge on any atom is -0.340 e. The van der Waals surface area contributed by atoms with E-state index in [-0.39, 0.29) is 11.4 Å². The van der Waals surface area contributed by atoms with Crippen LogP contribution in [0, 0.1) is 11.6 Å². The van der Waals surface area contributed by atoms with Gasteiger partial charge in [0.25, 0.3) is 5.91 Å². The Labute approximate surface area is 156 Å². The number of aromatic nitrogens is 2. The Balaban J connectivity index is 2.35. The fourth-order valence-corrected chi connectivity index (χ4v) is 2.27. The second kappa shape index (κ2) is 8.84. The summed E-state index contributed by atoms with van der Waals surface area (Å²) in [6.07, 6.45) is 9.16. The van der Waals surface area contributed by atoms with Gasteiger partial charge in [-0.05, 0) is 26.0 Å². The van der Waals surface area contributed by atoms with E-state index in [1.807, 2.05) is 0 Å². The second-order valence-electron chi connectivity index (χ2n) is 5.73. The Morgan fingerprint density at radius 1 is 1.22 bits per heavy atom. The normalized spacial score (nSPS) is 11.9. The number of amides is 1. The smallest absolute Gasteiger partial charge is 0.255 e. The number of nitrogens with zero attached hydrogens (tertiary/aromatic N) is 3. The molecular formula is C20H20F2N4O. The predicted octanol–water partition coefficient (Wildman–Crippen LogP) is 4.54. The summed E-state index contributed by atoms with van der Waals surface area (Å²) < 4.78 is 28.5. The lowest BCUT2D eigenvalue weighted by molar-refractivity contribution is -0.112. The van der Waals surface area contributed by atoms with Crippen molar-refractivity contribution in [2.75, 3.05) is 17.3 Å². The lowest BCUT2D eigenvalue weighted by Gasteiger charge is -2.20. The average Bonchev–Trinajstić information content (AvgIpc) is 2.67. The van der Waals surface area contributed by atoms with Gasteiger partial charge in [0, 0.05) is 18.7 Å². The molecule has 0 radical (unpaired) electrons. The van der Waals surface area contributed by atoms with Crippen LogP contribution >= 0.6 is 0 Å². The van der Waals surface area contributed by atoms with Gasteiger partial charge in [-0.3, -0.25) is 4.79 Å². The van der Waals surface area contributed by atoms with Crippen LogP contribution in [0.2, 0.25) is 0 Å². The van der Waals surface area contributed by atoms with Crippen molar-refractivity contribution in [3.63, 3.8) is 0 Å². The molecule has 2 rings (SSSR count). The maximum atomic E-state index is 14.3. The van der Waals surface area contributed by atoms with Crippen molar-refractivity contribution >= 4 is 23.0 Å². The molecule has 1 aromatic heterocycles. The Kier molecular flexibility index (Phi) is 6.54. The number of carbonyl (C=O) groups is 1. The molecule has 0 aliphatic rings. The quantitative estimate of drug-likeness (QED) is 0.599. The van der Waals surface area contributed by atoms with Crippen LogP contribution in [0.5, 0.6) is 0 Å². The third-order valence-electron chi connectivity index (χ3n) is 3.86. The summed E-state index contributed by atoms with van der Waals surface area (Å²) in [5, 5.41) is 2.48. The van der Waals surface area contributed by atoms with Gasteiger partial charge in [-0.1, -0.05) is 24.3 Å². The zero-order valence-electron chi connectivity index (χ0n) is 15.3. The maximum Gasteiger partial charge on any atom is 0.255 e. The van der Waals surface area contributed by atoms with Gasteiger partial charge < -0.3 is 10.2 Å². The molecule has 0 bridgehead atoms. The van der Waals surface area contributed by atoms with Crippen LogP contribution in [0.1, 0.15) is 13.8 Å². The van der Waals surface area contributed by atoms with E-state index in [1.165, 1.54) is 29.7 Å². The Morgan fingerprint density at radius 3 is 2.48 bits per heavy atom. The molecule has 0 saturated carbocycles. The van der Waals surface area contributed by atoms with Crippen LogP contribution in [0.4, 0.5) is 25.8 Å². The van der Waals surface area contributed by atoms with Gasteiger partial charge in [-0.25, -0.2) is 18.7 Å². The fraction of sp³-hybridized carbons (Fsp3) is 0.150. The highest BCUT2D eigenvalue weighted by Crippen LogP contribution is 2.30. The molecule has 1 amide bonds. The van der Waals surface area contributed by atoms with Crippen LogP contribution in [0.15, 0.2) is 66.8 Å². The summed E-state index contributed by atoms with van der Waals surface area (Å²) in [7, 11) is 1.59. The van der Waals surface area contributed by atoms with Crippen molar-refractivity contribution in [3.05, 3.63) is 78.4 Å². The molecule has 0 unspecified atom stereocenters. The van der Waals surface area contributed by atoms with E-state index in [0.29, 0.717) is 11.3 Å². The lowest BCUT2D eigenvalue weighted by atomic mass is 10.1. The van der Waals surface area contributed by atoms with Gasteiger partial charge in [0.15, 0.2) is 0 Å². The lowest BCUT2D eigenvalue weighted by Crippen LogP contribution is -2.17. The van der Waals surface area contributed by atoms with Crippen molar-refractivity contribution in [2.45, 2.75) is 13.8 Å². The molecule has 0 saturated heterocycles. The zero-order valence-corrected chi connectivity index (χ0v) is 15.3. The molecule has 27 heavy (non-hydrogen) atoms. The van der Waals surface area contributed by atoms with E-state index in [2.05, 4.69) is 21.9 Å². The van der Waals surface area contributed by atoms with Gasteiger partial charge in [0.1, 0.15) is 18.0 Å². The number of anilines is 3. The summed E-state index contributed by atoms with van der Waals surface area (Å²) >= 11 is 0. The molecule has 0 aliphatic heterocycles. The molecule has 0 spiro atoms. The van der Waals surface area contributed by atoms with Gasteiger partial charge in [-0.15, -0.1) is 0 Å². The first kappa shape index (κ1) is 20.0. The van der Waals surface area contributed by atoms with Crippen molar-refractivity contribution in [1.29, 1.82) is 0 Å². The van der Waals surface area contributed by atoms with Crippen LogP contribution in [-0.2, 0) is 4.79 Å². The molecule has 1 aromatic carbocycles. The monoisotopic (exact) mass is 370 g/mol. The molecule has 7 heteroatoms. The Hall–Kier alpha value is -3.35. The highest BCUT2D eigenvalue weighted by molar-refractivity contribution is 6.06. The van der Waals surface area contributed by atoms with Gasteiger partial charge in [-0.2, -0.15) is 0 Å². The van der Waals surface area contributed by atoms with E-state index in [0.717, 1.165) is 11.6 Å². The SMILES string of the molecule is C=C/C(C)=C\C(=C/C)C(=O)Nc1cc(N(C)c2cncnc2)c(F)cc1F. The van der Waals surface area contributed by atoms with Crippen LogP contribution in [-0.4, -0.2) is 22.9 Å². The minimum absolute atomic E-state index is 0.0707. The summed E-state index contributed by atoms with van der Waals surface area (Å²) in [5.41, 5.74) is 1.56. The highest BCUT2D eigenvalue weighted by atomic mass is 19.1. The molecule has 1 heterocycles. The van der Waals surface area contributed by atoms with E-state index < -0.39 is 17.5 Å². The molecule has 1 N–H and O–H groups in total. The molecule has 0 atom stereocenters. The predicted molar refractivity (Wildman–Crippen MR) is 103 cm³/mol. The molecule has 140 valence electrons. The Morgan fingerprint density at radius 2 is 1.89 bits per heavy atom. The minimum atomic E-state index is -0.873.